The first-order chi connectivity index (χ1) is 8.75. The standard InChI is InChI=1S/C14H18O4/c15-13-6-7-17-10-12(13)8-14(16)18-9-11-4-2-1-3-5-11/h1-5,12-13,15H,6-10H2/t12-,13-/m0/s1. The van der Waals surface area contributed by atoms with Crippen molar-refractivity contribution in [2.75, 3.05) is 13.2 Å². The first kappa shape index (κ1) is 13.1. The second kappa shape index (κ2) is 6.52. The molecule has 0 unspecified atom stereocenters. The zero-order chi connectivity index (χ0) is 12.8. The fourth-order valence-electron chi connectivity index (χ4n) is 1.99. The molecule has 1 aromatic carbocycles. The minimum atomic E-state index is -0.456. The zero-order valence-electron chi connectivity index (χ0n) is 10.2. The average Bonchev–Trinajstić information content (AvgIpc) is 2.40. The molecule has 0 spiro atoms. The van der Waals surface area contributed by atoms with Crippen molar-refractivity contribution < 1.29 is 19.4 Å². The highest BCUT2D eigenvalue weighted by atomic mass is 16.5. The normalized spacial score (nSPS) is 23.6. The molecule has 1 aliphatic rings. The Morgan fingerprint density at radius 3 is 2.89 bits per heavy atom. The van der Waals surface area contributed by atoms with Crippen LogP contribution >= 0.6 is 0 Å². The van der Waals surface area contributed by atoms with Gasteiger partial charge < -0.3 is 14.6 Å². The van der Waals surface area contributed by atoms with Crippen LogP contribution in [0.1, 0.15) is 18.4 Å². The zero-order valence-corrected chi connectivity index (χ0v) is 10.2. The Morgan fingerprint density at radius 2 is 2.17 bits per heavy atom. The molecule has 1 saturated heterocycles. The molecule has 4 nitrogen and oxygen atoms in total. The summed E-state index contributed by atoms with van der Waals surface area (Å²) in [7, 11) is 0. The molecule has 0 amide bonds. The molecule has 0 bridgehead atoms. The molecular weight excluding hydrogens is 232 g/mol. The SMILES string of the molecule is O=C(C[C@H]1COCC[C@@H]1O)OCc1ccccc1. The molecular formula is C14H18O4. The Bertz CT molecular complexity index is 377. The van der Waals surface area contributed by atoms with Crippen LogP contribution in [-0.4, -0.2) is 30.4 Å². The molecule has 4 heteroatoms. The van der Waals surface area contributed by atoms with Crippen LogP contribution < -0.4 is 0 Å². The van der Waals surface area contributed by atoms with Gasteiger partial charge in [0.1, 0.15) is 6.61 Å². The quantitative estimate of drug-likeness (QED) is 0.823. The van der Waals surface area contributed by atoms with Gasteiger partial charge in [-0.25, -0.2) is 0 Å². The number of aliphatic hydroxyl groups excluding tert-OH is 1. The summed E-state index contributed by atoms with van der Waals surface area (Å²) in [6, 6.07) is 9.54. The van der Waals surface area contributed by atoms with Gasteiger partial charge in [-0.05, 0) is 12.0 Å². The summed E-state index contributed by atoms with van der Waals surface area (Å²) in [5.74, 6) is -0.421. The third-order valence-electron chi connectivity index (χ3n) is 3.11. The van der Waals surface area contributed by atoms with Crippen LogP contribution in [0.2, 0.25) is 0 Å². The maximum atomic E-state index is 11.6. The van der Waals surface area contributed by atoms with Gasteiger partial charge in [0.15, 0.2) is 0 Å². The highest BCUT2D eigenvalue weighted by molar-refractivity contribution is 5.69. The van der Waals surface area contributed by atoms with Crippen molar-refractivity contribution in [3.8, 4) is 0 Å². The number of ether oxygens (including phenoxy) is 2. The van der Waals surface area contributed by atoms with Gasteiger partial charge in [-0.2, -0.15) is 0 Å². The first-order valence-electron chi connectivity index (χ1n) is 6.21. The second-order valence-electron chi connectivity index (χ2n) is 4.54. The summed E-state index contributed by atoms with van der Waals surface area (Å²) in [6.45, 7) is 1.28. The van der Waals surface area contributed by atoms with Crippen LogP contribution in [0.3, 0.4) is 0 Å². The topological polar surface area (TPSA) is 55.8 Å². The summed E-state index contributed by atoms with van der Waals surface area (Å²) in [5.41, 5.74) is 0.964. The summed E-state index contributed by atoms with van der Waals surface area (Å²) in [4.78, 5) is 11.6. The Balaban J connectivity index is 1.75. The van der Waals surface area contributed by atoms with E-state index in [2.05, 4.69) is 0 Å². The molecule has 0 radical (unpaired) electrons. The fourth-order valence-corrected chi connectivity index (χ4v) is 1.99. The number of rotatable bonds is 4. The second-order valence-corrected chi connectivity index (χ2v) is 4.54. The molecule has 0 aromatic heterocycles. The van der Waals surface area contributed by atoms with Gasteiger partial charge in [-0.3, -0.25) is 4.79 Å². The van der Waals surface area contributed by atoms with Gasteiger partial charge in [0.25, 0.3) is 0 Å². The molecule has 2 rings (SSSR count). The summed E-state index contributed by atoms with van der Waals surface area (Å²) in [5, 5.41) is 9.72. The summed E-state index contributed by atoms with van der Waals surface area (Å²) in [6.07, 6.45) is 0.355. The van der Waals surface area contributed by atoms with Crippen molar-refractivity contribution in [1.29, 1.82) is 0 Å². The molecule has 1 N–H and O–H groups in total. The highest BCUT2D eigenvalue weighted by Gasteiger charge is 2.26. The predicted octanol–water partition coefficient (Wildman–Crippen LogP) is 1.52. The molecule has 0 aliphatic carbocycles. The number of carbonyl (C=O) groups is 1. The van der Waals surface area contributed by atoms with E-state index in [1.165, 1.54) is 0 Å². The molecule has 1 aromatic rings. The van der Waals surface area contributed by atoms with Gasteiger partial charge in [-0.1, -0.05) is 30.3 Å². The molecule has 1 heterocycles. The fraction of sp³-hybridized carbons (Fsp3) is 0.500. The summed E-state index contributed by atoms with van der Waals surface area (Å²) < 4.78 is 10.4. The molecule has 1 fully saturated rings. The van der Waals surface area contributed by atoms with Crippen LogP contribution in [0.5, 0.6) is 0 Å². The predicted molar refractivity (Wildman–Crippen MR) is 65.8 cm³/mol. The Labute approximate surface area is 107 Å². The van der Waals surface area contributed by atoms with Crippen molar-refractivity contribution >= 4 is 5.97 Å². The van der Waals surface area contributed by atoms with E-state index < -0.39 is 6.10 Å². The van der Waals surface area contributed by atoms with E-state index in [0.29, 0.717) is 19.6 Å². The van der Waals surface area contributed by atoms with E-state index in [-0.39, 0.29) is 24.9 Å². The molecule has 18 heavy (non-hydrogen) atoms. The van der Waals surface area contributed by atoms with Gasteiger partial charge >= 0.3 is 5.97 Å². The number of carbonyl (C=O) groups excluding carboxylic acids is 1. The lowest BCUT2D eigenvalue weighted by Gasteiger charge is -2.26. The van der Waals surface area contributed by atoms with Crippen molar-refractivity contribution in [2.45, 2.75) is 25.6 Å². The van der Waals surface area contributed by atoms with Crippen LogP contribution in [-0.2, 0) is 20.9 Å². The molecule has 98 valence electrons. The monoisotopic (exact) mass is 250 g/mol. The number of hydrogen-bond donors (Lipinski definition) is 1. The van der Waals surface area contributed by atoms with E-state index in [9.17, 15) is 9.90 Å². The third kappa shape index (κ3) is 3.82. The third-order valence-corrected chi connectivity index (χ3v) is 3.11. The minimum absolute atomic E-state index is 0.137. The van der Waals surface area contributed by atoms with E-state index in [4.69, 9.17) is 9.47 Å². The van der Waals surface area contributed by atoms with Gasteiger partial charge in [-0.15, -0.1) is 0 Å². The number of aliphatic hydroxyl groups is 1. The molecule has 2 atom stereocenters. The number of benzene rings is 1. The number of hydrogen-bond acceptors (Lipinski definition) is 4. The van der Waals surface area contributed by atoms with Gasteiger partial charge in [0.05, 0.1) is 19.1 Å². The smallest absolute Gasteiger partial charge is 0.306 e. The Morgan fingerprint density at radius 1 is 1.39 bits per heavy atom. The summed E-state index contributed by atoms with van der Waals surface area (Å²) >= 11 is 0. The van der Waals surface area contributed by atoms with Gasteiger partial charge in [0.2, 0.25) is 0 Å². The lowest BCUT2D eigenvalue weighted by atomic mass is 9.95. The van der Waals surface area contributed by atoms with E-state index in [1.54, 1.807) is 0 Å². The minimum Gasteiger partial charge on any atom is -0.461 e. The van der Waals surface area contributed by atoms with E-state index >= 15 is 0 Å². The van der Waals surface area contributed by atoms with Crippen LogP contribution in [0.4, 0.5) is 0 Å². The maximum absolute atomic E-state index is 11.6. The number of esters is 1. The van der Waals surface area contributed by atoms with Crippen LogP contribution in [0.15, 0.2) is 30.3 Å². The average molecular weight is 250 g/mol. The highest BCUT2D eigenvalue weighted by Crippen LogP contribution is 2.18. The lowest BCUT2D eigenvalue weighted by molar-refractivity contribution is -0.149. The van der Waals surface area contributed by atoms with Crippen molar-refractivity contribution in [1.82, 2.24) is 0 Å². The van der Waals surface area contributed by atoms with E-state index in [0.717, 1.165) is 5.56 Å². The van der Waals surface area contributed by atoms with Crippen molar-refractivity contribution in [3.63, 3.8) is 0 Å². The Hall–Kier alpha value is -1.39. The first-order valence-corrected chi connectivity index (χ1v) is 6.21. The largest absolute Gasteiger partial charge is 0.461 e. The van der Waals surface area contributed by atoms with Gasteiger partial charge in [0, 0.05) is 12.5 Å². The lowest BCUT2D eigenvalue weighted by Crippen LogP contribution is -2.33. The van der Waals surface area contributed by atoms with Crippen LogP contribution in [0.25, 0.3) is 0 Å². The van der Waals surface area contributed by atoms with Crippen LogP contribution in [0, 0.1) is 5.92 Å². The van der Waals surface area contributed by atoms with Crippen molar-refractivity contribution in [3.05, 3.63) is 35.9 Å². The maximum Gasteiger partial charge on any atom is 0.306 e. The molecule has 0 saturated carbocycles. The molecule has 1 aliphatic heterocycles. The Kier molecular flexibility index (Phi) is 4.73. The van der Waals surface area contributed by atoms with E-state index in [1.807, 2.05) is 30.3 Å². The van der Waals surface area contributed by atoms with Crippen molar-refractivity contribution in [2.24, 2.45) is 5.92 Å².